The zero-order valence-corrected chi connectivity index (χ0v) is 15.9. The molecule has 144 valence electrons. The van der Waals surface area contributed by atoms with Crippen molar-refractivity contribution in [1.82, 2.24) is 30.2 Å². The number of hydrogen-bond acceptors (Lipinski definition) is 8. The van der Waals surface area contributed by atoms with Crippen molar-refractivity contribution in [3.8, 4) is 34.6 Å². The van der Waals surface area contributed by atoms with Crippen LogP contribution in [0.15, 0.2) is 29.0 Å². The van der Waals surface area contributed by atoms with Crippen molar-refractivity contribution >= 4 is 12.4 Å². The number of piperidine rings is 1. The lowest BCUT2D eigenvalue weighted by atomic mass is 10.1. The summed E-state index contributed by atoms with van der Waals surface area (Å²) < 4.78 is 17.8. The van der Waals surface area contributed by atoms with E-state index >= 15 is 0 Å². The first-order valence-electron chi connectivity index (χ1n) is 8.47. The zero-order chi connectivity index (χ0) is 17.9. The number of methoxy groups -OCH3 is 2. The van der Waals surface area contributed by atoms with Crippen LogP contribution >= 0.6 is 12.4 Å². The largest absolute Gasteiger partial charge is 0.493 e. The van der Waals surface area contributed by atoms with Crippen LogP contribution in [0.25, 0.3) is 23.1 Å². The maximum atomic E-state index is 5.35. The Morgan fingerprint density at radius 2 is 2.04 bits per heavy atom. The summed E-state index contributed by atoms with van der Waals surface area (Å²) in [5.41, 5.74) is 0.758. The van der Waals surface area contributed by atoms with Crippen molar-refractivity contribution in [1.29, 1.82) is 0 Å². The maximum Gasteiger partial charge on any atom is 0.297 e. The summed E-state index contributed by atoms with van der Waals surface area (Å²) in [4.78, 5) is 8.72. The summed E-state index contributed by atoms with van der Waals surface area (Å²) in [5, 5.41) is 11.9. The van der Waals surface area contributed by atoms with Gasteiger partial charge in [0.25, 0.3) is 5.89 Å². The molecule has 1 unspecified atom stereocenters. The van der Waals surface area contributed by atoms with Crippen molar-refractivity contribution in [3.05, 3.63) is 24.5 Å². The maximum absolute atomic E-state index is 5.35. The van der Waals surface area contributed by atoms with Gasteiger partial charge in [-0.25, -0.2) is 9.67 Å². The predicted octanol–water partition coefficient (Wildman–Crippen LogP) is 2.36. The standard InChI is InChI=1S/C17H20N6O3.ClH/c1-24-13-6-5-11(8-14(13)25-2)15-20-17(26-22-15)16-19-10-23(21-16)12-4-3-7-18-9-12;/h5-6,8,10,12,18H,3-4,7,9H2,1-2H3;1H. The van der Waals surface area contributed by atoms with Crippen molar-refractivity contribution in [3.63, 3.8) is 0 Å². The average molecular weight is 393 g/mol. The van der Waals surface area contributed by atoms with Crippen LogP contribution in [0.4, 0.5) is 0 Å². The summed E-state index contributed by atoms with van der Waals surface area (Å²) in [7, 11) is 3.17. The molecule has 1 N–H and O–H groups in total. The highest BCUT2D eigenvalue weighted by molar-refractivity contribution is 5.85. The number of aromatic nitrogens is 5. The highest BCUT2D eigenvalue weighted by Crippen LogP contribution is 2.31. The van der Waals surface area contributed by atoms with Crippen molar-refractivity contribution in [2.24, 2.45) is 0 Å². The summed E-state index contributed by atoms with van der Waals surface area (Å²) in [6.45, 7) is 1.94. The van der Waals surface area contributed by atoms with Gasteiger partial charge in [0.15, 0.2) is 11.5 Å². The molecule has 27 heavy (non-hydrogen) atoms. The minimum atomic E-state index is 0. The number of nitrogens with one attached hydrogen (secondary N) is 1. The SMILES string of the molecule is COc1ccc(-c2noc(-c3ncn(C4CCCNC4)n3)n2)cc1OC.Cl. The fourth-order valence-corrected chi connectivity index (χ4v) is 3.01. The second-order valence-electron chi connectivity index (χ2n) is 6.04. The number of hydrogen-bond donors (Lipinski definition) is 1. The Morgan fingerprint density at radius 3 is 2.78 bits per heavy atom. The van der Waals surface area contributed by atoms with Crippen LogP contribution in [-0.4, -0.2) is 52.2 Å². The molecule has 1 aliphatic rings. The lowest BCUT2D eigenvalue weighted by molar-refractivity contribution is 0.345. The van der Waals surface area contributed by atoms with Crippen LogP contribution in [0.5, 0.6) is 11.5 Å². The van der Waals surface area contributed by atoms with E-state index in [4.69, 9.17) is 14.0 Å². The van der Waals surface area contributed by atoms with Crippen LogP contribution in [0.1, 0.15) is 18.9 Å². The topological polar surface area (TPSA) is 100 Å². The third kappa shape index (κ3) is 3.88. The predicted molar refractivity (Wildman–Crippen MR) is 100 cm³/mol. The molecule has 10 heteroatoms. The van der Waals surface area contributed by atoms with E-state index in [2.05, 4.69) is 25.5 Å². The molecule has 0 bridgehead atoms. The molecule has 1 aromatic carbocycles. The molecule has 9 nitrogen and oxygen atoms in total. The molecular weight excluding hydrogens is 372 g/mol. The third-order valence-corrected chi connectivity index (χ3v) is 4.41. The molecule has 0 saturated carbocycles. The Balaban J connectivity index is 0.00000210. The van der Waals surface area contributed by atoms with Crippen molar-refractivity contribution < 1.29 is 14.0 Å². The van der Waals surface area contributed by atoms with E-state index in [1.54, 1.807) is 32.7 Å². The molecule has 1 fully saturated rings. The molecular formula is C17H21ClN6O3. The average Bonchev–Trinajstić information content (AvgIpc) is 3.37. The Labute approximate surface area is 162 Å². The van der Waals surface area contributed by atoms with Gasteiger partial charge in [0.1, 0.15) is 6.33 Å². The number of rotatable bonds is 5. The van der Waals surface area contributed by atoms with Crippen LogP contribution in [0.3, 0.4) is 0 Å². The van der Waals surface area contributed by atoms with Gasteiger partial charge in [0.2, 0.25) is 11.6 Å². The Hall–Kier alpha value is -2.65. The molecule has 3 heterocycles. The minimum absolute atomic E-state index is 0. The second-order valence-corrected chi connectivity index (χ2v) is 6.04. The van der Waals surface area contributed by atoms with Gasteiger partial charge < -0.3 is 19.3 Å². The molecule has 0 radical (unpaired) electrons. The molecule has 4 rings (SSSR count). The summed E-state index contributed by atoms with van der Waals surface area (Å²) in [6.07, 6.45) is 3.92. The first-order chi connectivity index (χ1) is 12.8. The van der Waals surface area contributed by atoms with E-state index in [9.17, 15) is 0 Å². The monoisotopic (exact) mass is 392 g/mol. The molecule has 0 spiro atoms. The van der Waals surface area contributed by atoms with E-state index in [1.165, 1.54) is 0 Å². The smallest absolute Gasteiger partial charge is 0.297 e. The first kappa shape index (κ1) is 19.1. The second kappa shape index (κ2) is 8.36. The van der Waals surface area contributed by atoms with Crippen LogP contribution in [0.2, 0.25) is 0 Å². The van der Waals surface area contributed by atoms with E-state index in [0.717, 1.165) is 31.5 Å². The summed E-state index contributed by atoms with van der Waals surface area (Å²) >= 11 is 0. The normalized spacial score (nSPS) is 16.6. The molecule has 1 atom stereocenters. The molecule has 0 amide bonds. The van der Waals surface area contributed by atoms with Gasteiger partial charge >= 0.3 is 0 Å². The number of nitrogens with zero attached hydrogens (tertiary/aromatic N) is 5. The highest BCUT2D eigenvalue weighted by atomic mass is 35.5. The lowest BCUT2D eigenvalue weighted by Gasteiger charge is -2.22. The third-order valence-electron chi connectivity index (χ3n) is 4.41. The number of benzene rings is 1. The van der Waals surface area contributed by atoms with Gasteiger partial charge in [-0.15, -0.1) is 17.5 Å². The molecule has 2 aromatic heterocycles. The fourth-order valence-electron chi connectivity index (χ4n) is 3.01. The minimum Gasteiger partial charge on any atom is -0.493 e. The van der Waals surface area contributed by atoms with Crippen molar-refractivity contribution in [2.75, 3.05) is 27.3 Å². The van der Waals surface area contributed by atoms with E-state index in [0.29, 0.717) is 29.2 Å². The zero-order valence-electron chi connectivity index (χ0n) is 15.1. The Morgan fingerprint density at radius 1 is 1.19 bits per heavy atom. The van der Waals surface area contributed by atoms with Gasteiger partial charge in [0, 0.05) is 12.1 Å². The lowest BCUT2D eigenvalue weighted by Crippen LogP contribution is -2.31. The highest BCUT2D eigenvalue weighted by Gasteiger charge is 2.20. The van der Waals surface area contributed by atoms with Crippen LogP contribution < -0.4 is 14.8 Å². The first-order valence-corrected chi connectivity index (χ1v) is 8.47. The quantitative estimate of drug-likeness (QED) is 0.706. The van der Waals surface area contributed by atoms with E-state index in [1.807, 2.05) is 10.7 Å². The molecule has 1 aliphatic heterocycles. The van der Waals surface area contributed by atoms with E-state index in [-0.39, 0.29) is 18.3 Å². The van der Waals surface area contributed by atoms with Gasteiger partial charge in [0.05, 0.1) is 20.3 Å². The molecule has 1 saturated heterocycles. The molecule has 3 aromatic rings. The Bertz CT molecular complexity index is 890. The van der Waals surface area contributed by atoms with Gasteiger partial charge in [-0.05, 0) is 37.6 Å². The number of halogens is 1. The summed E-state index contributed by atoms with van der Waals surface area (Å²) in [5.74, 6) is 2.40. The van der Waals surface area contributed by atoms with Crippen molar-refractivity contribution in [2.45, 2.75) is 18.9 Å². The van der Waals surface area contributed by atoms with E-state index < -0.39 is 0 Å². The summed E-state index contributed by atoms with van der Waals surface area (Å²) in [6, 6.07) is 5.74. The van der Waals surface area contributed by atoms with Gasteiger partial charge in [-0.1, -0.05) is 5.16 Å². The van der Waals surface area contributed by atoms with Gasteiger partial charge in [-0.2, -0.15) is 4.98 Å². The Kier molecular flexibility index (Phi) is 5.92. The van der Waals surface area contributed by atoms with Gasteiger partial charge in [-0.3, -0.25) is 0 Å². The molecule has 0 aliphatic carbocycles. The van der Waals surface area contributed by atoms with Crippen LogP contribution in [0, 0.1) is 0 Å². The fraction of sp³-hybridized carbons (Fsp3) is 0.412. The number of ether oxygens (including phenoxy) is 2. The van der Waals surface area contributed by atoms with Crippen LogP contribution in [-0.2, 0) is 0 Å².